The Balaban J connectivity index is 1.84. The Morgan fingerprint density at radius 1 is 1.26 bits per heavy atom. The van der Waals surface area contributed by atoms with Crippen LogP contribution in [0.2, 0.25) is 0 Å². The van der Waals surface area contributed by atoms with E-state index in [1.807, 2.05) is 7.05 Å². The summed E-state index contributed by atoms with van der Waals surface area (Å²) in [7, 11) is -1.71. The highest BCUT2D eigenvalue weighted by molar-refractivity contribution is 7.89. The summed E-state index contributed by atoms with van der Waals surface area (Å²) in [6.07, 6.45) is 4.18. The highest BCUT2D eigenvalue weighted by Gasteiger charge is 2.30. The molecule has 3 rings (SSSR count). The van der Waals surface area contributed by atoms with E-state index in [1.165, 1.54) is 27.4 Å². The van der Waals surface area contributed by atoms with E-state index < -0.39 is 15.8 Å². The minimum absolute atomic E-state index is 0.0867. The van der Waals surface area contributed by atoms with Gasteiger partial charge in [-0.05, 0) is 32.0 Å². The minimum Gasteiger partial charge on any atom is -0.317 e. The second kappa shape index (κ2) is 6.38. The van der Waals surface area contributed by atoms with Gasteiger partial charge in [0.05, 0.1) is 12.4 Å². The molecule has 6 nitrogen and oxygen atoms in total. The summed E-state index contributed by atoms with van der Waals surface area (Å²) >= 11 is 0. The first-order valence-electron chi connectivity index (χ1n) is 7.49. The molecule has 1 aromatic carbocycles. The molecule has 2 heterocycles. The molecule has 0 atom stereocenters. The van der Waals surface area contributed by atoms with Crippen molar-refractivity contribution in [1.29, 1.82) is 0 Å². The van der Waals surface area contributed by atoms with Crippen molar-refractivity contribution in [3.05, 3.63) is 42.5 Å². The van der Waals surface area contributed by atoms with Crippen molar-refractivity contribution in [3.63, 3.8) is 0 Å². The van der Waals surface area contributed by atoms with Crippen LogP contribution in [0.25, 0.3) is 5.69 Å². The van der Waals surface area contributed by atoms with Crippen LogP contribution in [0, 0.1) is 5.82 Å². The molecule has 8 heteroatoms. The first-order valence-corrected chi connectivity index (χ1v) is 8.93. The number of para-hydroxylation sites is 1. The van der Waals surface area contributed by atoms with Crippen LogP contribution in [-0.4, -0.2) is 48.7 Å². The summed E-state index contributed by atoms with van der Waals surface area (Å²) in [5.74, 6) is -0.450. The molecule has 124 valence electrons. The van der Waals surface area contributed by atoms with Crippen molar-refractivity contribution in [1.82, 2.24) is 19.4 Å². The van der Waals surface area contributed by atoms with Gasteiger partial charge in [-0.25, -0.2) is 17.5 Å². The summed E-state index contributed by atoms with van der Waals surface area (Å²) in [6.45, 7) is 0.942. The van der Waals surface area contributed by atoms with Crippen molar-refractivity contribution >= 4 is 10.0 Å². The Morgan fingerprint density at radius 2 is 1.96 bits per heavy atom. The molecule has 0 bridgehead atoms. The lowest BCUT2D eigenvalue weighted by atomic mass is 10.1. The molecule has 23 heavy (non-hydrogen) atoms. The zero-order chi connectivity index (χ0) is 16.4. The van der Waals surface area contributed by atoms with Crippen molar-refractivity contribution in [2.45, 2.75) is 23.8 Å². The molecule has 1 fully saturated rings. The predicted octanol–water partition coefficient (Wildman–Crippen LogP) is 1.38. The van der Waals surface area contributed by atoms with Crippen LogP contribution in [0.4, 0.5) is 4.39 Å². The van der Waals surface area contributed by atoms with Crippen LogP contribution < -0.4 is 5.32 Å². The number of sulfonamides is 1. The molecule has 0 amide bonds. The van der Waals surface area contributed by atoms with Crippen molar-refractivity contribution in [2.24, 2.45) is 0 Å². The van der Waals surface area contributed by atoms with Crippen molar-refractivity contribution in [3.8, 4) is 5.69 Å². The van der Waals surface area contributed by atoms with E-state index in [4.69, 9.17) is 0 Å². The fourth-order valence-corrected chi connectivity index (χ4v) is 4.15. The van der Waals surface area contributed by atoms with E-state index in [9.17, 15) is 12.8 Å². The molecule has 1 saturated heterocycles. The number of rotatable bonds is 4. The first-order chi connectivity index (χ1) is 11.0. The summed E-state index contributed by atoms with van der Waals surface area (Å²) < 4.78 is 41.8. The van der Waals surface area contributed by atoms with Gasteiger partial charge in [0.15, 0.2) is 0 Å². The number of benzene rings is 1. The smallest absolute Gasteiger partial charge is 0.246 e. The maximum Gasteiger partial charge on any atom is 0.246 e. The fraction of sp³-hybridized carbons (Fsp3) is 0.400. The van der Waals surface area contributed by atoms with Crippen LogP contribution >= 0.6 is 0 Å². The van der Waals surface area contributed by atoms with Crippen molar-refractivity contribution in [2.75, 3.05) is 20.1 Å². The van der Waals surface area contributed by atoms with Gasteiger partial charge in [0.25, 0.3) is 0 Å². The Hall–Kier alpha value is -1.77. The lowest BCUT2D eigenvalue weighted by Gasteiger charge is -2.30. The van der Waals surface area contributed by atoms with Gasteiger partial charge < -0.3 is 5.32 Å². The normalized spacial score (nSPS) is 17.5. The SMILES string of the molecule is CNC1CCN(S(=O)(=O)c2cnn(-c3ccccc3F)c2)CC1. The van der Waals surface area contributed by atoms with Gasteiger partial charge in [-0.3, -0.25) is 0 Å². The number of hydrogen-bond acceptors (Lipinski definition) is 4. The average molecular weight is 338 g/mol. The van der Waals surface area contributed by atoms with Gasteiger partial charge in [0, 0.05) is 19.1 Å². The Bertz CT molecular complexity index is 782. The average Bonchev–Trinajstić information content (AvgIpc) is 3.06. The van der Waals surface area contributed by atoms with Crippen LogP contribution in [0.1, 0.15) is 12.8 Å². The number of nitrogens with zero attached hydrogens (tertiary/aromatic N) is 3. The van der Waals surface area contributed by atoms with Crippen LogP contribution in [0.15, 0.2) is 41.6 Å². The lowest BCUT2D eigenvalue weighted by Crippen LogP contribution is -2.43. The summed E-state index contributed by atoms with van der Waals surface area (Å²) in [4.78, 5) is 0.0867. The number of aromatic nitrogens is 2. The Kier molecular flexibility index (Phi) is 4.47. The molecule has 1 aliphatic rings. The molecule has 1 N–H and O–H groups in total. The lowest BCUT2D eigenvalue weighted by molar-refractivity contribution is 0.298. The quantitative estimate of drug-likeness (QED) is 0.915. The molecule has 0 saturated carbocycles. The van der Waals surface area contributed by atoms with Gasteiger partial charge in [-0.15, -0.1) is 0 Å². The van der Waals surface area contributed by atoms with Crippen LogP contribution in [0.3, 0.4) is 0 Å². The number of halogens is 1. The maximum absolute atomic E-state index is 13.8. The Morgan fingerprint density at radius 3 is 2.61 bits per heavy atom. The molecular weight excluding hydrogens is 319 g/mol. The topological polar surface area (TPSA) is 67.2 Å². The van der Waals surface area contributed by atoms with E-state index in [2.05, 4.69) is 10.4 Å². The number of piperidine rings is 1. The summed E-state index contributed by atoms with van der Waals surface area (Å²) in [5, 5.41) is 7.17. The molecular formula is C15H19FN4O2S. The fourth-order valence-electron chi connectivity index (χ4n) is 2.74. The van der Waals surface area contributed by atoms with Crippen LogP contribution in [0.5, 0.6) is 0 Å². The third kappa shape index (κ3) is 3.15. The van der Waals surface area contributed by atoms with Gasteiger partial charge in [0.2, 0.25) is 10.0 Å². The summed E-state index contributed by atoms with van der Waals surface area (Å²) in [6, 6.07) is 6.47. The Labute approximate surface area is 135 Å². The molecule has 0 radical (unpaired) electrons. The highest BCUT2D eigenvalue weighted by atomic mass is 32.2. The standard InChI is InChI=1S/C15H19FN4O2S/c1-17-12-6-8-19(9-7-12)23(21,22)13-10-18-20(11-13)15-5-3-2-4-14(15)16/h2-5,10-12,17H,6-9H2,1H3. The van der Waals surface area contributed by atoms with E-state index in [1.54, 1.807) is 18.2 Å². The number of hydrogen-bond donors (Lipinski definition) is 1. The van der Waals surface area contributed by atoms with Crippen LogP contribution in [-0.2, 0) is 10.0 Å². The minimum atomic E-state index is -3.59. The summed E-state index contributed by atoms with van der Waals surface area (Å²) in [5.41, 5.74) is 0.225. The van der Waals surface area contributed by atoms with Crippen molar-refractivity contribution < 1.29 is 12.8 Å². The number of nitrogens with one attached hydrogen (secondary N) is 1. The zero-order valence-corrected chi connectivity index (χ0v) is 13.6. The second-order valence-corrected chi connectivity index (χ2v) is 7.48. The highest BCUT2D eigenvalue weighted by Crippen LogP contribution is 2.22. The molecule has 1 aliphatic heterocycles. The van der Waals surface area contributed by atoms with E-state index in [0.29, 0.717) is 19.1 Å². The molecule has 0 spiro atoms. The third-order valence-electron chi connectivity index (χ3n) is 4.16. The van der Waals surface area contributed by atoms with E-state index >= 15 is 0 Å². The van der Waals surface area contributed by atoms with Gasteiger partial charge in [-0.1, -0.05) is 12.1 Å². The largest absolute Gasteiger partial charge is 0.317 e. The maximum atomic E-state index is 13.8. The van der Waals surface area contributed by atoms with Gasteiger partial charge >= 0.3 is 0 Å². The van der Waals surface area contributed by atoms with E-state index in [0.717, 1.165) is 12.8 Å². The zero-order valence-electron chi connectivity index (χ0n) is 12.8. The monoisotopic (exact) mass is 338 g/mol. The molecule has 2 aromatic rings. The predicted molar refractivity (Wildman–Crippen MR) is 84.4 cm³/mol. The van der Waals surface area contributed by atoms with Gasteiger partial charge in [-0.2, -0.15) is 9.40 Å². The van der Waals surface area contributed by atoms with Gasteiger partial charge in [0.1, 0.15) is 16.4 Å². The molecule has 0 aliphatic carbocycles. The van der Waals surface area contributed by atoms with E-state index in [-0.39, 0.29) is 10.6 Å². The molecule has 1 aromatic heterocycles. The second-order valence-electron chi connectivity index (χ2n) is 5.54. The molecule has 0 unspecified atom stereocenters. The third-order valence-corrected chi connectivity index (χ3v) is 6.01. The first kappa shape index (κ1) is 16.1.